The van der Waals surface area contributed by atoms with E-state index in [0.717, 1.165) is 5.56 Å². The molecular weight excluding hydrogens is 388 g/mol. The zero-order valence-electron chi connectivity index (χ0n) is 10.4. The van der Waals surface area contributed by atoms with Gasteiger partial charge in [-0.15, -0.1) is 0 Å². The van der Waals surface area contributed by atoms with Crippen LogP contribution in [0, 0.1) is 0 Å². The van der Waals surface area contributed by atoms with E-state index >= 15 is 0 Å². The standard InChI is InChI=1S/C14H12Br2N2O2/c15-11-6-10(7-12(16)13(11)19)18-14(20)17-8-9-4-2-1-3-5-9/h1-7,19H,8H2,(H2,17,18,20). The van der Waals surface area contributed by atoms with Crippen LogP contribution in [0.1, 0.15) is 5.56 Å². The summed E-state index contributed by atoms with van der Waals surface area (Å²) in [4.78, 5) is 11.8. The van der Waals surface area contributed by atoms with E-state index in [2.05, 4.69) is 42.5 Å². The van der Waals surface area contributed by atoms with Crippen molar-refractivity contribution >= 4 is 43.6 Å². The first-order chi connectivity index (χ1) is 9.56. The van der Waals surface area contributed by atoms with Crippen molar-refractivity contribution in [3.05, 3.63) is 57.0 Å². The fourth-order valence-corrected chi connectivity index (χ4v) is 2.78. The maximum absolute atomic E-state index is 11.8. The summed E-state index contributed by atoms with van der Waals surface area (Å²) in [6, 6.07) is 12.6. The Morgan fingerprint density at radius 1 is 1.10 bits per heavy atom. The van der Waals surface area contributed by atoms with Gasteiger partial charge >= 0.3 is 6.03 Å². The number of benzene rings is 2. The van der Waals surface area contributed by atoms with E-state index in [1.54, 1.807) is 12.1 Å². The van der Waals surface area contributed by atoms with Crippen molar-refractivity contribution in [2.24, 2.45) is 0 Å². The minimum Gasteiger partial charge on any atom is -0.506 e. The fraction of sp³-hybridized carbons (Fsp3) is 0.0714. The van der Waals surface area contributed by atoms with Gasteiger partial charge in [0.1, 0.15) is 5.75 Å². The highest BCUT2D eigenvalue weighted by Gasteiger charge is 2.08. The Balaban J connectivity index is 1.95. The maximum atomic E-state index is 11.8. The van der Waals surface area contributed by atoms with E-state index in [4.69, 9.17) is 0 Å². The van der Waals surface area contributed by atoms with Crippen LogP contribution >= 0.6 is 31.9 Å². The van der Waals surface area contributed by atoms with Crippen LogP contribution in [0.5, 0.6) is 5.75 Å². The van der Waals surface area contributed by atoms with E-state index < -0.39 is 0 Å². The van der Waals surface area contributed by atoms with Gasteiger partial charge in [0.15, 0.2) is 0 Å². The molecule has 2 rings (SSSR count). The molecule has 104 valence electrons. The first-order valence-corrected chi connectivity index (χ1v) is 7.41. The van der Waals surface area contributed by atoms with Crippen LogP contribution in [0.15, 0.2) is 51.4 Å². The average molecular weight is 400 g/mol. The minimum atomic E-state index is -0.307. The third-order valence-corrected chi connectivity index (χ3v) is 3.78. The number of aromatic hydroxyl groups is 1. The van der Waals surface area contributed by atoms with Crippen molar-refractivity contribution in [2.75, 3.05) is 5.32 Å². The number of anilines is 1. The van der Waals surface area contributed by atoms with Gasteiger partial charge in [-0.3, -0.25) is 0 Å². The Bertz CT molecular complexity index is 595. The third-order valence-electron chi connectivity index (χ3n) is 2.57. The molecule has 0 aliphatic rings. The summed E-state index contributed by atoms with van der Waals surface area (Å²) in [6.45, 7) is 0.451. The second kappa shape index (κ2) is 6.76. The number of rotatable bonds is 3. The van der Waals surface area contributed by atoms with Crippen LogP contribution in [-0.4, -0.2) is 11.1 Å². The minimum absolute atomic E-state index is 0.0974. The molecule has 4 nitrogen and oxygen atoms in total. The van der Waals surface area contributed by atoms with Gasteiger partial charge in [0.05, 0.1) is 8.95 Å². The van der Waals surface area contributed by atoms with Crippen LogP contribution in [0.25, 0.3) is 0 Å². The molecule has 0 heterocycles. The van der Waals surface area contributed by atoms with Crippen LogP contribution in [0.2, 0.25) is 0 Å². The van der Waals surface area contributed by atoms with Crippen molar-refractivity contribution in [2.45, 2.75) is 6.54 Å². The summed E-state index contributed by atoms with van der Waals surface area (Å²) < 4.78 is 1.01. The molecule has 20 heavy (non-hydrogen) atoms. The van der Waals surface area contributed by atoms with E-state index in [9.17, 15) is 9.90 Å². The van der Waals surface area contributed by atoms with Crippen molar-refractivity contribution in [3.8, 4) is 5.75 Å². The lowest BCUT2D eigenvalue weighted by molar-refractivity contribution is 0.251. The molecule has 0 fully saturated rings. The molecule has 6 heteroatoms. The van der Waals surface area contributed by atoms with Crippen LogP contribution in [0.3, 0.4) is 0 Å². The lowest BCUT2D eigenvalue weighted by Gasteiger charge is -2.09. The third kappa shape index (κ3) is 3.98. The molecule has 0 atom stereocenters. The first kappa shape index (κ1) is 14.9. The van der Waals surface area contributed by atoms with Gasteiger partial charge in [0.2, 0.25) is 0 Å². The van der Waals surface area contributed by atoms with Gasteiger partial charge in [-0.1, -0.05) is 30.3 Å². The molecule has 0 saturated carbocycles. The van der Waals surface area contributed by atoms with Gasteiger partial charge < -0.3 is 15.7 Å². The number of phenols is 1. The Hall–Kier alpha value is -1.53. The Labute approximate surface area is 133 Å². The molecule has 0 spiro atoms. The van der Waals surface area contributed by atoms with Crippen molar-refractivity contribution < 1.29 is 9.90 Å². The highest BCUT2D eigenvalue weighted by molar-refractivity contribution is 9.11. The number of carbonyl (C=O) groups excluding carboxylic acids is 1. The van der Waals surface area contributed by atoms with Gasteiger partial charge in [0.25, 0.3) is 0 Å². The zero-order chi connectivity index (χ0) is 14.5. The zero-order valence-corrected chi connectivity index (χ0v) is 13.5. The molecule has 0 bridgehead atoms. The molecule has 2 amide bonds. The number of carbonyl (C=O) groups is 1. The SMILES string of the molecule is O=C(NCc1ccccc1)Nc1cc(Br)c(O)c(Br)c1. The van der Waals surface area contributed by atoms with Gasteiger partial charge in [-0.05, 0) is 49.6 Å². The summed E-state index contributed by atoms with van der Waals surface area (Å²) in [5.74, 6) is 0.0974. The molecule has 0 radical (unpaired) electrons. The number of urea groups is 1. The molecule has 0 aliphatic carbocycles. The second-order valence-corrected chi connectivity index (χ2v) is 5.79. The van der Waals surface area contributed by atoms with Crippen molar-refractivity contribution in [1.29, 1.82) is 0 Å². The molecule has 0 aliphatic heterocycles. The molecule has 2 aromatic rings. The first-order valence-electron chi connectivity index (χ1n) is 5.83. The number of hydrogen-bond donors (Lipinski definition) is 3. The van der Waals surface area contributed by atoms with Crippen molar-refractivity contribution in [3.63, 3.8) is 0 Å². The maximum Gasteiger partial charge on any atom is 0.319 e. The van der Waals surface area contributed by atoms with Crippen LogP contribution in [-0.2, 0) is 6.54 Å². The van der Waals surface area contributed by atoms with E-state index in [1.807, 2.05) is 30.3 Å². The Kier molecular flexibility index (Phi) is 5.03. The molecule has 0 unspecified atom stereocenters. The summed E-state index contributed by atoms with van der Waals surface area (Å²) in [5.41, 5.74) is 1.60. The van der Waals surface area contributed by atoms with Crippen LogP contribution < -0.4 is 10.6 Å². The highest BCUT2D eigenvalue weighted by Crippen LogP contribution is 2.35. The largest absolute Gasteiger partial charge is 0.506 e. The summed E-state index contributed by atoms with van der Waals surface area (Å²) in [6.07, 6.45) is 0. The molecule has 2 aromatic carbocycles. The smallest absolute Gasteiger partial charge is 0.319 e. The predicted molar refractivity (Wildman–Crippen MR) is 85.8 cm³/mol. The van der Waals surface area contributed by atoms with Crippen LogP contribution in [0.4, 0.5) is 10.5 Å². The summed E-state index contributed by atoms with van der Waals surface area (Å²) in [5, 5.41) is 15.1. The van der Waals surface area contributed by atoms with Gasteiger partial charge in [-0.2, -0.15) is 0 Å². The quantitative estimate of drug-likeness (QED) is 0.676. The lowest BCUT2D eigenvalue weighted by Crippen LogP contribution is -2.28. The highest BCUT2D eigenvalue weighted by atomic mass is 79.9. The van der Waals surface area contributed by atoms with E-state index in [1.165, 1.54) is 0 Å². The Morgan fingerprint density at radius 3 is 2.30 bits per heavy atom. The number of amides is 2. The topological polar surface area (TPSA) is 61.4 Å². The number of nitrogens with one attached hydrogen (secondary N) is 2. The van der Waals surface area contributed by atoms with Gasteiger partial charge in [-0.25, -0.2) is 4.79 Å². The van der Waals surface area contributed by atoms with Crippen molar-refractivity contribution in [1.82, 2.24) is 5.32 Å². The van der Waals surface area contributed by atoms with E-state index in [-0.39, 0.29) is 11.8 Å². The average Bonchev–Trinajstić information content (AvgIpc) is 2.43. The van der Waals surface area contributed by atoms with Gasteiger partial charge in [0, 0.05) is 12.2 Å². The predicted octanol–water partition coefficient (Wildman–Crippen LogP) is 4.24. The molecular formula is C14H12Br2N2O2. The molecule has 0 aromatic heterocycles. The number of halogens is 2. The number of hydrogen-bond acceptors (Lipinski definition) is 2. The lowest BCUT2D eigenvalue weighted by atomic mass is 10.2. The summed E-state index contributed by atoms with van der Waals surface area (Å²) >= 11 is 6.42. The monoisotopic (exact) mass is 398 g/mol. The molecule has 0 saturated heterocycles. The van der Waals surface area contributed by atoms with E-state index in [0.29, 0.717) is 21.2 Å². The number of phenolic OH excluding ortho intramolecular Hbond substituents is 1. The second-order valence-electron chi connectivity index (χ2n) is 4.08. The fourth-order valence-electron chi connectivity index (χ4n) is 1.59. The normalized spacial score (nSPS) is 10.1. The molecule has 3 N–H and O–H groups in total. The summed E-state index contributed by atoms with van der Waals surface area (Å²) in [7, 11) is 0. The Morgan fingerprint density at radius 2 is 1.70 bits per heavy atom.